The second kappa shape index (κ2) is 9.90. The van der Waals surface area contributed by atoms with Crippen LogP contribution in [0.3, 0.4) is 0 Å². The quantitative estimate of drug-likeness (QED) is 0.564. The zero-order valence-corrected chi connectivity index (χ0v) is 19.4. The Labute approximate surface area is 195 Å². The minimum absolute atomic E-state index is 0.0259. The molecule has 2 unspecified atom stereocenters. The van der Waals surface area contributed by atoms with E-state index in [1.807, 2.05) is 97.7 Å². The van der Waals surface area contributed by atoms with Crippen LogP contribution < -0.4 is 4.74 Å². The fourth-order valence-corrected chi connectivity index (χ4v) is 4.63. The molecule has 0 radical (unpaired) electrons. The van der Waals surface area contributed by atoms with E-state index in [1.165, 1.54) is 0 Å². The molecular formula is C28H30N2O3. The number of benzene rings is 3. The molecule has 1 heterocycles. The van der Waals surface area contributed by atoms with Gasteiger partial charge in [-0.2, -0.15) is 0 Å². The summed E-state index contributed by atoms with van der Waals surface area (Å²) in [6.45, 7) is 3.37. The van der Waals surface area contributed by atoms with Crippen molar-refractivity contribution in [2.24, 2.45) is 5.92 Å². The Bertz CT molecular complexity index is 1130. The minimum atomic E-state index is -0.321. The van der Waals surface area contributed by atoms with Crippen molar-refractivity contribution in [2.75, 3.05) is 27.2 Å². The first-order valence-corrected chi connectivity index (χ1v) is 11.3. The number of amides is 2. The van der Waals surface area contributed by atoms with Gasteiger partial charge in [-0.25, -0.2) is 0 Å². The summed E-state index contributed by atoms with van der Waals surface area (Å²) in [5, 5.41) is 0. The molecule has 0 saturated carbocycles. The number of hydrogen-bond donors (Lipinski definition) is 0. The van der Waals surface area contributed by atoms with Gasteiger partial charge in [-0.05, 0) is 41.8 Å². The molecule has 3 aromatic carbocycles. The molecule has 0 bridgehead atoms. The monoisotopic (exact) mass is 442 g/mol. The van der Waals surface area contributed by atoms with Gasteiger partial charge in [0, 0.05) is 38.2 Å². The lowest BCUT2D eigenvalue weighted by Gasteiger charge is -2.25. The van der Waals surface area contributed by atoms with Crippen molar-refractivity contribution >= 4 is 11.8 Å². The summed E-state index contributed by atoms with van der Waals surface area (Å²) in [6.07, 6.45) is 0. The number of carbonyl (C=O) groups is 2. The van der Waals surface area contributed by atoms with Gasteiger partial charge in [0.1, 0.15) is 5.75 Å². The van der Waals surface area contributed by atoms with Crippen molar-refractivity contribution in [1.82, 2.24) is 9.80 Å². The molecular weight excluding hydrogens is 412 g/mol. The van der Waals surface area contributed by atoms with Crippen LogP contribution in [0.2, 0.25) is 0 Å². The van der Waals surface area contributed by atoms with Crippen LogP contribution in [-0.4, -0.2) is 48.9 Å². The van der Waals surface area contributed by atoms with Gasteiger partial charge in [-0.3, -0.25) is 9.59 Å². The molecule has 5 nitrogen and oxygen atoms in total. The molecule has 0 aromatic heterocycles. The molecule has 0 spiro atoms. The summed E-state index contributed by atoms with van der Waals surface area (Å²) in [4.78, 5) is 30.6. The lowest BCUT2D eigenvalue weighted by Crippen LogP contribution is -2.36. The Morgan fingerprint density at radius 1 is 0.970 bits per heavy atom. The highest BCUT2D eigenvalue weighted by atomic mass is 16.5. The Balaban J connectivity index is 1.62. The summed E-state index contributed by atoms with van der Waals surface area (Å²) < 4.78 is 5.42. The van der Waals surface area contributed by atoms with Crippen LogP contribution in [0, 0.1) is 12.8 Å². The van der Waals surface area contributed by atoms with Gasteiger partial charge < -0.3 is 14.5 Å². The highest BCUT2D eigenvalue weighted by Crippen LogP contribution is 2.36. The smallest absolute Gasteiger partial charge is 0.254 e. The van der Waals surface area contributed by atoms with Crippen LogP contribution in [0.4, 0.5) is 0 Å². The van der Waals surface area contributed by atoms with Crippen LogP contribution in [0.25, 0.3) is 0 Å². The third-order valence-corrected chi connectivity index (χ3v) is 6.46. The largest absolute Gasteiger partial charge is 0.497 e. The molecule has 0 aliphatic carbocycles. The SMILES string of the molecule is COc1cccc(C2CN(C(=O)c3ccccc3C)CC2C(=O)N(C)Cc2ccccc2)c1. The molecule has 1 saturated heterocycles. The second-order valence-electron chi connectivity index (χ2n) is 8.69. The Morgan fingerprint density at radius 2 is 1.70 bits per heavy atom. The van der Waals surface area contributed by atoms with E-state index in [4.69, 9.17) is 4.74 Å². The molecule has 3 aromatic rings. The standard InChI is InChI=1S/C28H30N2O3/c1-20-10-7-8-15-24(20)28(32)30-18-25(22-13-9-14-23(16-22)33-3)26(19-30)27(31)29(2)17-21-11-5-4-6-12-21/h4-16,25-26H,17-19H2,1-3H3. The molecule has 2 amide bonds. The van der Waals surface area contributed by atoms with Crippen LogP contribution in [-0.2, 0) is 11.3 Å². The van der Waals surface area contributed by atoms with Crippen molar-refractivity contribution in [2.45, 2.75) is 19.4 Å². The van der Waals surface area contributed by atoms with E-state index < -0.39 is 0 Å². The predicted octanol–water partition coefficient (Wildman–Crippen LogP) is 4.52. The maximum absolute atomic E-state index is 13.6. The number of nitrogens with zero attached hydrogens (tertiary/aromatic N) is 2. The fourth-order valence-electron chi connectivity index (χ4n) is 4.63. The minimum Gasteiger partial charge on any atom is -0.497 e. The van der Waals surface area contributed by atoms with Crippen LogP contribution in [0.5, 0.6) is 5.75 Å². The molecule has 5 heteroatoms. The van der Waals surface area contributed by atoms with Gasteiger partial charge in [0.05, 0.1) is 13.0 Å². The summed E-state index contributed by atoms with van der Waals surface area (Å²) in [5.41, 5.74) is 3.72. The molecule has 170 valence electrons. The zero-order chi connectivity index (χ0) is 23.4. The number of rotatable bonds is 6. The summed E-state index contributed by atoms with van der Waals surface area (Å²) in [6, 6.07) is 25.4. The van der Waals surface area contributed by atoms with Gasteiger partial charge >= 0.3 is 0 Å². The number of hydrogen-bond acceptors (Lipinski definition) is 3. The second-order valence-corrected chi connectivity index (χ2v) is 8.69. The van der Waals surface area contributed by atoms with Crippen LogP contribution in [0.1, 0.15) is 33.0 Å². The van der Waals surface area contributed by atoms with Gasteiger partial charge in [0.25, 0.3) is 5.91 Å². The Morgan fingerprint density at radius 3 is 2.42 bits per heavy atom. The molecule has 33 heavy (non-hydrogen) atoms. The van der Waals surface area contributed by atoms with Crippen LogP contribution in [0.15, 0.2) is 78.9 Å². The van der Waals surface area contributed by atoms with Gasteiger partial charge in [-0.1, -0.05) is 60.7 Å². The first-order valence-electron chi connectivity index (χ1n) is 11.3. The molecule has 1 aliphatic rings. The summed E-state index contributed by atoms with van der Waals surface area (Å²) in [7, 11) is 3.47. The maximum atomic E-state index is 13.6. The topological polar surface area (TPSA) is 49.9 Å². The molecule has 1 aliphatic heterocycles. The number of carbonyl (C=O) groups excluding carboxylic acids is 2. The van der Waals surface area contributed by atoms with Crippen molar-refractivity contribution in [3.8, 4) is 5.75 Å². The van der Waals surface area contributed by atoms with Crippen molar-refractivity contribution in [3.05, 3.63) is 101 Å². The van der Waals surface area contributed by atoms with E-state index in [-0.39, 0.29) is 23.7 Å². The normalized spacial score (nSPS) is 17.6. The third kappa shape index (κ3) is 4.92. The molecule has 2 atom stereocenters. The van der Waals surface area contributed by atoms with E-state index in [2.05, 4.69) is 0 Å². The predicted molar refractivity (Wildman–Crippen MR) is 129 cm³/mol. The van der Waals surface area contributed by atoms with Gasteiger partial charge in [-0.15, -0.1) is 0 Å². The van der Waals surface area contributed by atoms with E-state index in [9.17, 15) is 9.59 Å². The van der Waals surface area contributed by atoms with Gasteiger partial charge in [0.2, 0.25) is 5.91 Å². The highest BCUT2D eigenvalue weighted by molar-refractivity contribution is 5.96. The third-order valence-electron chi connectivity index (χ3n) is 6.46. The maximum Gasteiger partial charge on any atom is 0.254 e. The number of ether oxygens (including phenoxy) is 1. The average Bonchev–Trinajstić information content (AvgIpc) is 3.29. The first kappa shape index (κ1) is 22.6. The van der Waals surface area contributed by atoms with Crippen molar-refractivity contribution in [1.29, 1.82) is 0 Å². The molecule has 4 rings (SSSR count). The number of methoxy groups -OCH3 is 1. The lowest BCUT2D eigenvalue weighted by atomic mass is 9.88. The van der Waals surface area contributed by atoms with E-state index in [1.54, 1.807) is 12.0 Å². The highest BCUT2D eigenvalue weighted by Gasteiger charge is 2.42. The average molecular weight is 443 g/mol. The Hall–Kier alpha value is -3.60. The molecule has 1 fully saturated rings. The molecule has 0 N–H and O–H groups in total. The fraction of sp³-hybridized carbons (Fsp3) is 0.286. The van der Waals surface area contributed by atoms with E-state index in [0.717, 1.165) is 22.4 Å². The summed E-state index contributed by atoms with van der Waals surface area (Å²) in [5.74, 6) is 0.353. The lowest BCUT2D eigenvalue weighted by molar-refractivity contribution is -0.134. The Kier molecular flexibility index (Phi) is 6.78. The van der Waals surface area contributed by atoms with Crippen LogP contribution >= 0.6 is 0 Å². The number of aryl methyl sites for hydroxylation is 1. The first-order chi connectivity index (χ1) is 16.0. The van der Waals surface area contributed by atoms with E-state index in [0.29, 0.717) is 25.2 Å². The summed E-state index contributed by atoms with van der Waals surface area (Å²) >= 11 is 0. The van der Waals surface area contributed by atoms with Gasteiger partial charge in [0.15, 0.2) is 0 Å². The zero-order valence-electron chi connectivity index (χ0n) is 19.4. The van der Waals surface area contributed by atoms with E-state index >= 15 is 0 Å². The van der Waals surface area contributed by atoms with Crippen molar-refractivity contribution in [3.63, 3.8) is 0 Å². The van der Waals surface area contributed by atoms with Crippen molar-refractivity contribution < 1.29 is 14.3 Å². The number of likely N-dealkylation sites (tertiary alicyclic amines) is 1.